The molecule has 1 aliphatic rings. The molecule has 0 spiro atoms. The van der Waals surface area contributed by atoms with Crippen molar-refractivity contribution < 1.29 is 18.0 Å². The van der Waals surface area contributed by atoms with E-state index in [-0.39, 0.29) is 28.7 Å². The van der Waals surface area contributed by atoms with Crippen LogP contribution in [-0.4, -0.2) is 26.3 Å². The van der Waals surface area contributed by atoms with E-state index in [0.29, 0.717) is 16.9 Å². The molecule has 28 heavy (non-hydrogen) atoms. The Kier molecular flexibility index (Phi) is 5.81. The molecule has 3 rings (SSSR count). The van der Waals surface area contributed by atoms with Crippen LogP contribution in [0.1, 0.15) is 37.0 Å². The minimum atomic E-state index is -3.57. The summed E-state index contributed by atoms with van der Waals surface area (Å²) in [5.74, 6) is -0.194. The van der Waals surface area contributed by atoms with Gasteiger partial charge in [-0.15, -0.1) is 0 Å². The maximum absolute atomic E-state index is 12.4. The van der Waals surface area contributed by atoms with E-state index in [0.717, 1.165) is 12.8 Å². The number of amides is 2. The Balaban J connectivity index is 1.61. The van der Waals surface area contributed by atoms with Gasteiger partial charge in [-0.1, -0.05) is 0 Å². The Morgan fingerprint density at radius 3 is 1.96 bits per heavy atom. The van der Waals surface area contributed by atoms with Gasteiger partial charge in [-0.25, -0.2) is 13.1 Å². The van der Waals surface area contributed by atoms with Gasteiger partial charge in [-0.2, -0.15) is 0 Å². The third-order valence-corrected chi connectivity index (χ3v) is 5.85. The maximum atomic E-state index is 12.4. The average molecular weight is 401 g/mol. The van der Waals surface area contributed by atoms with Crippen LogP contribution in [-0.2, 0) is 14.8 Å². The summed E-state index contributed by atoms with van der Waals surface area (Å²) in [5.41, 5.74) is 1.57. The summed E-state index contributed by atoms with van der Waals surface area (Å²) >= 11 is 0. The number of sulfonamides is 1. The van der Waals surface area contributed by atoms with Gasteiger partial charge in [0, 0.05) is 28.9 Å². The number of hydrogen-bond acceptors (Lipinski definition) is 4. The Morgan fingerprint density at radius 2 is 1.43 bits per heavy atom. The predicted octanol–water partition coefficient (Wildman–Crippen LogP) is 2.97. The largest absolute Gasteiger partial charge is 0.326 e. The van der Waals surface area contributed by atoms with E-state index in [4.69, 9.17) is 0 Å². The average Bonchev–Trinajstić information content (AvgIpc) is 3.47. The first-order valence-corrected chi connectivity index (χ1v) is 10.6. The van der Waals surface area contributed by atoms with Gasteiger partial charge in [0.05, 0.1) is 4.90 Å². The molecular weight excluding hydrogens is 378 g/mol. The second-order valence-corrected chi connectivity index (χ2v) is 8.81. The molecule has 0 heterocycles. The smallest absolute Gasteiger partial charge is 0.255 e. The third kappa shape index (κ3) is 5.17. The summed E-state index contributed by atoms with van der Waals surface area (Å²) in [4.78, 5) is 24.3. The fraction of sp³-hybridized carbons (Fsp3) is 0.300. The molecule has 1 saturated carbocycles. The van der Waals surface area contributed by atoms with E-state index in [1.807, 2.05) is 0 Å². The summed E-state index contributed by atoms with van der Waals surface area (Å²) in [6.45, 7) is 3.49. The second-order valence-electron chi connectivity index (χ2n) is 7.10. The summed E-state index contributed by atoms with van der Waals surface area (Å²) in [5, 5.41) is 5.54. The van der Waals surface area contributed by atoms with Crippen LogP contribution in [0.25, 0.3) is 0 Å². The minimum Gasteiger partial charge on any atom is -0.326 e. The van der Waals surface area contributed by atoms with Crippen molar-refractivity contribution in [1.29, 1.82) is 0 Å². The van der Waals surface area contributed by atoms with Crippen molar-refractivity contribution in [3.63, 3.8) is 0 Å². The molecule has 0 radical (unpaired) electrons. The molecule has 2 aromatic carbocycles. The highest BCUT2D eigenvalue weighted by Crippen LogP contribution is 2.30. The highest BCUT2D eigenvalue weighted by molar-refractivity contribution is 7.89. The molecule has 1 aliphatic carbocycles. The van der Waals surface area contributed by atoms with E-state index in [1.165, 1.54) is 24.3 Å². The molecule has 3 N–H and O–H groups in total. The van der Waals surface area contributed by atoms with Crippen LogP contribution in [0.2, 0.25) is 0 Å². The fourth-order valence-corrected chi connectivity index (χ4v) is 3.84. The van der Waals surface area contributed by atoms with Gasteiger partial charge >= 0.3 is 0 Å². The number of benzene rings is 2. The Morgan fingerprint density at radius 1 is 0.893 bits per heavy atom. The van der Waals surface area contributed by atoms with Crippen LogP contribution in [0.5, 0.6) is 0 Å². The van der Waals surface area contributed by atoms with Crippen molar-refractivity contribution in [3.05, 3.63) is 54.1 Å². The van der Waals surface area contributed by atoms with Crippen molar-refractivity contribution in [2.24, 2.45) is 5.92 Å². The lowest BCUT2D eigenvalue weighted by atomic mass is 10.2. The number of rotatable bonds is 7. The summed E-state index contributed by atoms with van der Waals surface area (Å²) in [7, 11) is -3.57. The van der Waals surface area contributed by atoms with Crippen LogP contribution in [0.4, 0.5) is 11.4 Å². The number of carbonyl (C=O) groups excluding carboxylic acids is 2. The zero-order valence-corrected chi connectivity index (χ0v) is 16.5. The highest BCUT2D eigenvalue weighted by Gasteiger charge is 2.29. The van der Waals surface area contributed by atoms with Crippen molar-refractivity contribution in [2.75, 3.05) is 10.6 Å². The van der Waals surface area contributed by atoms with Crippen molar-refractivity contribution in [2.45, 2.75) is 37.6 Å². The molecule has 0 aromatic heterocycles. The first-order chi connectivity index (χ1) is 13.2. The van der Waals surface area contributed by atoms with E-state index >= 15 is 0 Å². The number of anilines is 2. The van der Waals surface area contributed by atoms with Gasteiger partial charge in [0.1, 0.15) is 0 Å². The molecule has 0 aliphatic heterocycles. The van der Waals surface area contributed by atoms with Gasteiger partial charge in [-0.05, 0) is 75.2 Å². The number of carbonyl (C=O) groups is 2. The Labute approximate surface area is 164 Å². The molecule has 7 nitrogen and oxygen atoms in total. The lowest BCUT2D eigenvalue weighted by Gasteiger charge is -2.11. The van der Waals surface area contributed by atoms with Crippen LogP contribution in [0.3, 0.4) is 0 Å². The first-order valence-electron chi connectivity index (χ1n) is 9.09. The second kappa shape index (κ2) is 8.12. The van der Waals surface area contributed by atoms with Crippen LogP contribution in [0, 0.1) is 5.92 Å². The molecule has 2 aromatic rings. The van der Waals surface area contributed by atoms with Gasteiger partial charge in [0.25, 0.3) is 5.91 Å². The van der Waals surface area contributed by atoms with Gasteiger partial charge in [-0.3, -0.25) is 9.59 Å². The van der Waals surface area contributed by atoms with Crippen molar-refractivity contribution in [1.82, 2.24) is 4.72 Å². The van der Waals surface area contributed by atoms with Crippen molar-refractivity contribution in [3.8, 4) is 0 Å². The van der Waals surface area contributed by atoms with Gasteiger partial charge < -0.3 is 10.6 Å². The molecule has 8 heteroatoms. The van der Waals surface area contributed by atoms with Crippen LogP contribution >= 0.6 is 0 Å². The van der Waals surface area contributed by atoms with Crippen LogP contribution < -0.4 is 15.4 Å². The van der Waals surface area contributed by atoms with Crippen LogP contribution in [0.15, 0.2) is 53.4 Å². The number of nitrogens with one attached hydrogen (secondary N) is 3. The zero-order chi connectivity index (χ0) is 20.3. The monoisotopic (exact) mass is 401 g/mol. The van der Waals surface area contributed by atoms with E-state index in [9.17, 15) is 18.0 Å². The summed E-state index contributed by atoms with van der Waals surface area (Å²) < 4.78 is 26.8. The zero-order valence-electron chi connectivity index (χ0n) is 15.7. The summed E-state index contributed by atoms with van der Waals surface area (Å²) in [6, 6.07) is 12.4. The molecule has 0 saturated heterocycles. The predicted molar refractivity (Wildman–Crippen MR) is 108 cm³/mol. The van der Waals surface area contributed by atoms with Crippen molar-refractivity contribution >= 4 is 33.2 Å². The molecule has 2 amide bonds. The highest BCUT2D eigenvalue weighted by atomic mass is 32.2. The topological polar surface area (TPSA) is 104 Å². The Hall–Kier alpha value is -2.71. The van der Waals surface area contributed by atoms with E-state index in [2.05, 4.69) is 15.4 Å². The quantitative estimate of drug-likeness (QED) is 0.663. The molecular formula is C20H23N3O4S. The minimum absolute atomic E-state index is 0.0131. The molecule has 1 fully saturated rings. The molecule has 0 unspecified atom stereocenters. The molecule has 0 bridgehead atoms. The third-order valence-electron chi connectivity index (χ3n) is 4.18. The molecule has 0 atom stereocenters. The lowest BCUT2D eigenvalue weighted by molar-refractivity contribution is -0.117. The normalized spacial score (nSPS) is 14.0. The maximum Gasteiger partial charge on any atom is 0.255 e. The van der Waals surface area contributed by atoms with Gasteiger partial charge in [0.15, 0.2) is 0 Å². The standard InChI is InChI=1S/C20H23N3O4S/c1-13(2)23-28(26,27)18-11-9-17(10-12-18)22-20(25)15-5-7-16(8-6-15)21-19(24)14-3-4-14/h5-14,23H,3-4H2,1-2H3,(H,21,24)(H,22,25). The summed E-state index contributed by atoms with van der Waals surface area (Å²) in [6.07, 6.45) is 1.86. The number of hydrogen-bond donors (Lipinski definition) is 3. The Bertz CT molecular complexity index is 964. The van der Waals surface area contributed by atoms with E-state index < -0.39 is 10.0 Å². The molecule has 148 valence electrons. The van der Waals surface area contributed by atoms with E-state index in [1.54, 1.807) is 38.1 Å². The fourth-order valence-electron chi connectivity index (χ4n) is 2.59. The first kappa shape index (κ1) is 20.0. The van der Waals surface area contributed by atoms with Gasteiger partial charge in [0.2, 0.25) is 15.9 Å². The lowest BCUT2D eigenvalue weighted by Crippen LogP contribution is -2.30. The SMILES string of the molecule is CC(C)NS(=O)(=O)c1ccc(NC(=O)c2ccc(NC(=O)C3CC3)cc2)cc1.